The summed E-state index contributed by atoms with van der Waals surface area (Å²) in [5.74, 6) is 1.52. The highest BCUT2D eigenvalue weighted by molar-refractivity contribution is 8.18. The molecule has 1 aliphatic heterocycles. The smallest absolute Gasteiger partial charge is 0.293 e. The standard InChI is InChI=1S/C29H28ClNO4S/c1-19(2)25-13-4-20(3)16-26(25)34-15-14-31-28(32)27(36-29(31)33)17-21-7-11-24(12-8-21)35-18-22-5-9-23(30)10-6-22/h4-13,16-17,19H,14-15,18H2,1-3H3/b27-17-. The normalized spacial score (nSPS) is 14.7. The van der Waals surface area contributed by atoms with Gasteiger partial charge in [-0.05, 0) is 83.3 Å². The fourth-order valence-electron chi connectivity index (χ4n) is 3.74. The molecule has 3 aromatic rings. The van der Waals surface area contributed by atoms with Crippen molar-refractivity contribution in [3.63, 3.8) is 0 Å². The molecule has 0 aliphatic carbocycles. The molecular formula is C29H28ClNO4S. The maximum Gasteiger partial charge on any atom is 0.293 e. The molecule has 3 aromatic carbocycles. The van der Waals surface area contributed by atoms with Gasteiger partial charge >= 0.3 is 0 Å². The molecule has 0 saturated carbocycles. The third-order valence-electron chi connectivity index (χ3n) is 5.73. The summed E-state index contributed by atoms with van der Waals surface area (Å²) in [7, 11) is 0. The van der Waals surface area contributed by atoms with E-state index in [0.29, 0.717) is 28.2 Å². The number of ether oxygens (including phenoxy) is 2. The molecule has 186 valence electrons. The van der Waals surface area contributed by atoms with Crippen molar-refractivity contribution in [2.24, 2.45) is 0 Å². The Labute approximate surface area is 221 Å². The molecule has 0 bridgehead atoms. The Morgan fingerprint density at radius 3 is 2.39 bits per heavy atom. The number of rotatable bonds is 9. The summed E-state index contributed by atoms with van der Waals surface area (Å²) in [4.78, 5) is 27.0. The largest absolute Gasteiger partial charge is 0.491 e. The molecule has 5 nitrogen and oxygen atoms in total. The second-order valence-corrected chi connectivity index (χ2v) is 10.3. The fourth-order valence-corrected chi connectivity index (χ4v) is 4.73. The Kier molecular flexibility index (Phi) is 8.39. The van der Waals surface area contributed by atoms with E-state index >= 15 is 0 Å². The first-order valence-corrected chi connectivity index (χ1v) is 13.0. The van der Waals surface area contributed by atoms with Gasteiger partial charge < -0.3 is 9.47 Å². The van der Waals surface area contributed by atoms with Gasteiger partial charge in [0.2, 0.25) is 0 Å². The van der Waals surface area contributed by atoms with E-state index in [1.165, 1.54) is 4.90 Å². The fraction of sp³-hybridized carbons (Fsp3) is 0.241. The number of aryl methyl sites for hydroxylation is 1. The van der Waals surface area contributed by atoms with Crippen LogP contribution in [0.3, 0.4) is 0 Å². The lowest BCUT2D eigenvalue weighted by Gasteiger charge is -2.17. The number of thioether (sulfide) groups is 1. The molecule has 1 heterocycles. The molecule has 1 saturated heterocycles. The summed E-state index contributed by atoms with van der Waals surface area (Å²) in [6, 6.07) is 21.0. The lowest BCUT2D eigenvalue weighted by atomic mass is 10.0. The van der Waals surface area contributed by atoms with E-state index in [9.17, 15) is 9.59 Å². The highest BCUT2D eigenvalue weighted by Gasteiger charge is 2.34. The third kappa shape index (κ3) is 6.50. The first-order valence-electron chi connectivity index (χ1n) is 11.8. The molecule has 0 spiro atoms. The molecular weight excluding hydrogens is 494 g/mol. The molecule has 0 aromatic heterocycles. The summed E-state index contributed by atoms with van der Waals surface area (Å²) in [6.45, 7) is 7.10. The molecule has 0 atom stereocenters. The topological polar surface area (TPSA) is 55.8 Å². The van der Waals surface area contributed by atoms with Gasteiger partial charge in [-0.3, -0.25) is 14.5 Å². The van der Waals surface area contributed by atoms with Crippen molar-refractivity contribution in [3.05, 3.63) is 98.9 Å². The average Bonchev–Trinajstić information content (AvgIpc) is 3.12. The molecule has 0 radical (unpaired) electrons. The Morgan fingerprint density at radius 2 is 1.69 bits per heavy atom. The number of carbonyl (C=O) groups excluding carboxylic acids is 2. The predicted molar refractivity (Wildman–Crippen MR) is 146 cm³/mol. The van der Waals surface area contributed by atoms with E-state index in [-0.39, 0.29) is 24.3 Å². The molecule has 2 amide bonds. The van der Waals surface area contributed by atoms with Crippen molar-refractivity contribution in [2.75, 3.05) is 13.2 Å². The summed E-state index contributed by atoms with van der Waals surface area (Å²) < 4.78 is 11.8. The SMILES string of the molecule is Cc1ccc(C(C)C)c(OCCN2C(=O)S/C(=C\c3ccc(OCc4ccc(Cl)cc4)cc3)C2=O)c1. The number of carbonyl (C=O) groups is 2. The minimum atomic E-state index is -0.301. The zero-order valence-electron chi connectivity index (χ0n) is 20.5. The quantitative estimate of drug-likeness (QED) is 0.273. The van der Waals surface area contributed by atoms with Gasteiger partial charge in [-0.15, -0.1) is 0 Å². The van der Waals surface area contributed by atoms with E-state index in [2.05, 4.69) is 26.0 Å². The Morgan fingerprint density at radius 1 is 0.972 bits per heavy atom. The first-order chi connectivity index (χ1) is 17.3. The highest BCUT2D eigenvalue weighted by atomic mass is 35.5. The number of amides is 2. The van der Waals surface area contributed by atoms with Crippen molar-refractivity contribution < 1.29 is 19.1 Å². The maximum atomic E-state index is 12.9. The Hall–Kier alpha value is -3.22. The van der Waals surface area contributed by atoms with Crippen LogP contribution >= 0.6 is 23.4 Å². The zero-order valence-corrected chi connectivity index (χ0v) is 22.1. The summed E-state index contributed by atoms with van der Waals surface area (Å²) in [5, 5.41) is 0.401. The van der Waals surface area contributed by atoms with Gasteiger partial charge in [0.1, 0.15) is 24.7 Å². The van der Waals surface area contributed by atoms with Crippen LogP contribution in [-0.2, 0) is 11.4 Å². The Balaban J connectivity index is 1.34. The first kappa shape index (κ1) is 25.9. The van der Waals surface area contributed by atoms with E-state index in [1.54, 1.807) is 6.08 Å². The van der Waals surface area contributed by atoms with Gasteiger partial charge in [0.25, 0.3) is 11.1 Å². The van der Waals surface area contributed by atoms with Crippen molar-refractivity contribution in [3.8, 4) is 11.5 Å². The highest BCUT2D eigenvalue weighted by Crippen LogP contribution is 2.33. The zero-order chi connectivity index (χ0) is 25.7. The van der Waals surface area contributed by atoms with Gasteiger partial charge in [0.15, 0.2) is 0 Å². The van der Waals surface area contributed by atoms with Crippen molar-refractivity contribution in [2.45, 2.75) is 33.3 Å². The van der Waals surface area contributed by atoms with Crippen LogP contribution in [0.2, 0.25) is 5.02 Å². The number of hydrogen-bond acceptors (Lipinski definition) is 5. The van der Waals surface area contributed by atoms with Gasteiger partial charge in [-0.25, -0.2) is 0 Å². The van der Waals surface area contributed by atoms with Gasteiger partial charge in [0, 0.05) is 5.02 Å². The third-order valence-corrected chi connectivity index (χ3v) is 6.89. The minimum absolute atomic E-state index is 0.199. The van der Waals surface area contributed by atoms with Crippen LogP contribution in [0, 0.1) is 6.92 Å². The number of benzene rings is 3. The van der Waals surface area contributed by atoms with Crippen molar-refractivity contribution in [1.82, 2.24) is 4.90 Å². The lowest BCUT2D eigenvalue weighted by molar-refractivity contribution is -0.123. The monoisotopic (exact) mass is 521 g/mol. The number of imide groups is 1. The second-order valence-electron chi connectivity index (χ2n) is 8.86. The Bertz CT molecular complexity index is 1270. The van der Waals surface area contributed by atoms with E-state index < -0.39 is 0 Å². The molecule has 36 heavy (non-hydrogen) atoms. The molecule has 1 fully saturated rings. The van der Waals surface area contributed by atoms with Crippen LogP contribution in [-0.4, -0.2) is 29.2 Å². The number of nitrogens with zero attached hydrogens (tertiary/aromatic N) is 1. The molecule has 4 rings (SSSR count). The summed E-state index contributed by atoms with van der Waals surface area (Å²) >= 11 is 6.86. The predicted octanol–water partition coefficient (Wildman–Crippen LogP) is 7.47. The molecule has 1 aliphatic rings. The van der Waals surface area contributed by atoms with Crippen LogP contribution in [0.25, 0.3) is 6.08 Å². The number of hydrogen-bond donors (Lipinski definition) is 0. The van der Waals surface area contributed by atoms with E-state index in [4.69, 9.17) is 21.1 Å². The molecule has 0 N–H and O–H groups in total. The van der Waals surface area contributed by atoms with Crippen LogP contribution < -0.4 is 9.47 Å². The lowest BCUT2D eigenvalue weighted by Crippen LogP contribution is -2.32. The van der Waals surface area contributed by atoms with Crippen LogP contribution in [0.1, 0.15) is 42.0 Å². The van der Waals surface area contributed by atoms with Crippen molar-refractivity contribution in [1.29, 1.82) is 0 Å². The second kappa shape index (κ2) is 11.7. The van der Waals surface area contributed by atoms with Crippen LogP contribution in [0.4, 0.5) is 4.79 Å². The minimum Gasteiger partial charge on any atom is -0.491 e. The van der Waals surface area contributed by atoms with Gasteiger partial charge in [-0.2, -0.15) is 0 Å². The van der Waals surface area contributed by atoms with Gasteiger partial charge in [-0.1, -0.05) is 61.8 Å². The maximum absolute atomic E-state index is 12.9. The number of halogens is 1. The average molecular weight is 522 g/mol. The van der Waals surface area contributed by atoms with Gasteiger partial charge in [0.05, 0.1) is 11.4 Å². The van der Waals surface area contributed by atoms with Crippen molar-refractivity contribution >= 4 is 40.6 Å². The summed E-state index contributed by atoms with van der Waals surface area (Å²) in [5.41, 5.74) is 4.04. The van der Waals surface area contributed by atoms with Crippen LogP contribution in [0.15, 0.2) is 71.6 Å². The van der Waals surface area contributed by atoms with E-state index in [1.807, 2.05) is 61.5 Å². The van der Waals surface area contributed by atoms with E-state index in [0.717, 1.165) is 39.8 Å². The summed E-state index contributed by atoms with van der Waals surface area (Å²) in [6.07, 6.45) is 1.73. The van der Waals surface area contributed by atoms with Crippen LogP contribution in [0.5, 0.6) is 11.5 Å². The molecule has 0 unspecified atom stereocenters. The molecule has 7 heteroatoms.